The lowest BCUT2D eigenvalue weighted by Gasteiger charge is -1.91. The molecule has 0 bridgehead atoms. The predicted octanol–water partition coefficient (Wildman–Crippen LogP) is 1.12. The third kappa shape index (κ3) is 3.16. The molecule has 0 aliphatic rings. The van der Waals surface area contributed by atoms with E-state index in [2.05, 4.69) is 16.7 Å². The highest BCUT2D eigenvalue weighted by Crippen LogP contribution is 1.84. The summed E-state index contributed by atoms with van der Waals surface area (Å²) in [4.78, 5) is 7.52. The van der Waals surface area contributed by atoms with E-state index in [0.717, 1.165) is 0 Å². The van der Waals surface area contributed by atoms with Crippen LogP contribution in [0.15, 0.2) is 9.98 Å². The molecule has 7 heavy (non-hydrogen) atoms. The van der Waals surface area contributed by atoms with E-state index in [9.17, 15) is 0 Å². The summed E-state index contributed by atoms with van der Waals surface area (Å²) in [6, 6.07) is 0. The zero-order valence-electron chi connectivity index (χ0n) is 4.76. The van der Waals surface area contributed by atoms with Gasteiger partial charge in [0.25, 0.3) is 0 Å². The number of hydrogen-bond donors (Lipinski definition) is 0. The van der Waals surface area contributed by atoms with Gasteiger partial charge in [0.15, 0.2) is 0 Å². The lowest BCUT2D eigenvalue weighted by molar-refractivity contribution is 0.805. The van der Waals surface area contributed by atoms with Crippen LogP contribution in [0.2, 0.25) is 0 Å². The van der Waals surface area contributed by atoms with Crippen molar-refractivity contribution < 1.29 is 0 Å². The van der Waals surface area contributed by atoms with E-state index < -0.39 is 0 Å². The van der Waals surface area contributed by atoms with Crippen LogP contribution in [0.1, 0.15) is 13.8 Å². The van der Waals surface area contributed by atoms with Crippen molar-refractivity contribution in [1.82, 2.24) is 0 Å². The first-order chi connectivity index (χ1) is 3.31. The summed E-state index contributed by atoms with van der Waals surface area (Å²) < 4.78 is 0. The molecule has 0 spiro atoms. The Morgan fingerprint density at radius 1 is 1.71 bits per heavy atom. The van der Waals surface area contributed by atoms with Crippen molar-refractivity contribution in [2.75, 3.05) is 0 Å². The zero-order chi connectivity index (χ0) is 5.70. The van der Waals surface area contributed by atoms with E-state index in [4.69, 9.17) is 0 Å². The number of rotatable bonds is 2. The second-order valence-electron chi connectivity index (χ2n) is 1.22. The van der Waals surface area contributed by atoms with Crippen molar-refractivity contribution in [3.05, 3.63) is 0 Å². The van der Waals surface area contributed by atoms with Gasteiger partial charge in [-0.3, -0.25) is 9.98 Å². The van der Waals surface area contributed by atoms with Gasteiger partial charge in [-0.2, -0.15) is 0 Å². The Hall–Kier alpha value is -0.660. The van der Waals surface area contributed by atoms with Crippen LogP contribution in [0, 0.1) is 0 Å². The molecule has 40 valence electrons. The van der Waals surface area contributed by atoms with Crippen molar-refractivity contribution >= 4 is 12.9 Å². The van der Waals surface area contributed by atoms with Crippen LogP contribution in [0.5, 0.6) is 0 Å². The van der Waals surface area contributed by atoms with Crippen LogP contribution in [0.3, 0.4) is 0 Å². The first kappa shape index (κ1) is 6.34. The molecule has 0 N–H and O–H groups in total. The maximum atomic E-state index is 3.89. The molecule has 0 fully saturated rings. The third-order valence-corrected chi connectivity index (χ3v) is 0.629. The molecule has 0 aromatic carbocycles. The predicted molar refractivity (Wildman–Crippen MR) is 33.2 cm³/mol. The second kappa shape index (κ2) is 3.53. The van der Waals surface area contributed by atoms with E-state index in [0.29, 0.717) is 0 Å². The Balaban J connectivity index is 3.35. The van der Waals surface area contributed by atoms with Crippen LogP contribution >= 0.6 is 0 Å². The lowest BCUT2D eigenvalue weighted by Crippen LogP contribution is -1.88. The zero-order valence-corrected chi connectivity index (χ0v) is 4.76. The lowest BCUT2D eigenvalue weighted by atomic mass is 10.6. The van der Waals surface area contributed by atoms with Gasteiger partial charge >= 0.3 is 0 Å². The summed E-state index contributed by atoms with van der Waals surface area (Å²) in [6.07, 6.45) is 1.75. The average molecular weight is 98.1 g/mol. The number of hydrogen-bond acceptors (Lipinski definition) is 2. The summed E-state index contributed by atoms with van der Waals surface area (Å²) in [5.41, 5.74) is 0. The Bertz CT molecular complexity index is 76.1. The summed E-state index contributed by atoms with van der Waals surface area (Å²) in [5.74, 6) is 0. The Morgan fingerprint density at radius 3 is 2.43 bits per heavy atom. The third-order valence-electron chi connectivity index (χ3n) is 0.629. The molecule has 0 amide bonds. The topological polar surface area (TPSA) is 24.7 Å². The molecule has 0 saturated carbocycles. The first-order valence-electron chi connectivity index (χ1n) is 2.25. The Labute approximate surface area is 44.0 Å². The molecule has 2 nitrogen and oxygen atoms in total. The summed E-state index contributed by atoms with van der Waals surface area (Å²) in [5, 5.41) is 0. The van der Waals surface area contributed by atoms with Gasteiger partial charge in [0.2, 0.25) is 0 Å². The van der Waals surface area contributed by atoms with Gasteiger partial charge in [-0.05, 0) is 26.8 Å². The molecule has 0 heterocycles. The molecule has 0 saturated heterocycles. The molecule has 0 rings (SSSR count). The van der Waals surface area contributed by atoms with Gasteiger partial charge in [-0.1, -0.05) is 0 Å². The van der Waals surface area contributed by atoms with Gasteiger partial charge in [0.05, 0.1) is 0 Å². The van der Waals surface area contributed by atoms with Crippen molar-refractivity contribution in [2.24, 2.45) is 9.98 Å². The molecular formula is C5H10N2. The van der Waals surface area contributed by atoms with Crippen LogP contribution in [0.25, 0.3) is 0 Å². The van der Waals surface area contributed by atoms with Gasteiger partial charge < -0.3 is 0 Å². The Morgan fingerprint density at radius 2 is 2.29 bits per heavy atom. The van der Waals surface area contributed by atoms with E-state index >= 15 is 0 Å². The minimum Gasteiger partial charge on any atom is -0.275 e. The maximum Gasteiger partial charge on any atom is 0.135 e. The monoisotopic (exact) mass is 98.1 g/mol. The normalized spacial score (nSPS) is 14.6. The Kier molecular flexibility index (Phi) is 3.19. The fourth-order valence-corrected chi connectivity index (χ4v) is 0.263. The average Bonchev–Trinajstić information content (AvgIpc) is 1.68. The molecule has 1 atom stereocenters. The molecule has 0 aromatic heterocycles. The second-order valence-corrected chi connectivity index (χ2v) is 1.22. The van der Waals surface area contributed by atoms with Crippen LogP contribution < -0.4 is 0 Å². The largest absolute Gasteiger partial charge is 0.275 e. The molecule has 1 unspecified atom stereocenters. The quantitative estimate of drug-likeness (QED) is 0.462. The highest BCUT2D eigenvalue weighted by molar-refractivity contribution is 5.53. The molecule has 0 aliphatic heterocycles. The molecular weight excluding hydrogens is 88.1 g/mol. The van der Waals surface area contributed by atoms with E-state index in [-0.39, 0.29) is 6.17 Å². The molecule has 2 heteroatoms. The number of aliphatic imine (C=N–C) groups is 2. The highest BCUT2D eigenvalue weighted by atomic mass is 15.0. The van der Waals surface area contributed by atoms with Gasteiger partial charge in [0.1, 0.15) is 6.17 Å². The SMILES string of the molecule is C=NC(C)N=CC. The van der Waals surface area contributed by atoms with Crippen molar-refractivity contribution in [3.63, 3.8) is 0 Å². The smallest absolute Gasteiger partial charge is 0.135 e. The summed E-state index contributed by atoms with van der Waals surface area (Å²) in [6.45, 7) is 7.06. The fourth-order valence-electron chi connectivity index (χ4n) is 0.263. The minimum absolute atomic E-state index is 0.0324. The number of nitrogens with zero attached hydrogens (tertiary/aromatic N) is 2. The van der Waals surface area contributed by atoms with Gasteiger partial charge in [0, 0.05) is 0 Å². The molecule has 0 aromatic rings. The van der Waals surface area contributed by atoms with E-state index in [1.807, 2.05) is 13.8 Å². The van der Waals surface area contributed by atoms with Crippen molar-refractivity contribution in [3.8, 4) is 0 Å². The van der Waals surface area contributed by atoms with Crippen LogP contribution in [0.4, 0.5) is 0 Å². The highest BCUT2D eigenvalue weighted by Gasteiger charge is 1.82. The summed E-state index contributed by atoms with van der Waals surface area (Å²) in [7, 11) is 0. The fraction of sp³-hybridized carbons (Fsp3) is 0.600. The molecule has 0 radical (unpaired) electrons. The van der Waals surface area contributed by atoms with Gasteiger partial charge in [-0.15, -0.1) is 0 Å². The van der Waals surface area contributed by atoms with Crippen LogP contribution in [-0.2, 0) is 0 Å². The van der Waals surface area contributed by atoms with Crippen molar-refractivity contribution in [1.29, 1.82) is 0 Å². The molecule has 0 aliphatic carbocycles. The van der Waals surface area contributed by atoms with E-state index in [1.54, 1.807) is 6.21 Å². The van der Waals surface area contributed by atoms with Crippen LogP contribution in [-0.4, -0.2) is 19.1 Å². The van der Waals surface area contributed by atoms with Crippen molar-refractivity contribution in [2.45, 2.75) is 20.0 Å². The first-order valence-corrected chi connectivity index (χ1v) is 2.25. The maximum absolute atomic E-state index is 3.89. The standard InChI is InChI=1S/C5H10N2/c1-4-7-5(2)6-3/h4-5H,3H2,1-2H3. The minimum atomic E-state index is 0.0324. The van der Waals surface area contributed by atoms with E-state index in [1.165, 1.54) is 0 Å². The van der Waals surface area contributed by atoms with Gasteiger partial charge in [-0.25, -0.2) is 0 Å². The summed E-state index contributed by atoms with van der Waals surface area (Å²) >= 11 is 0.